The first-order valence-corrected chi connectivity index (χ1v) is 6.22. The summed E-state index contributed by atoms with van der Waals surface area (Å²) >= 11 is 0. The molecule has 0 N–H and O–H groups in total. The van der Waals surface area contributed by atoms with Gasteiger partial charge in [0.05, 0.1) is 6.54 Å². The lowest BCUT2D eigenvalue weighted by Crippen LogP contribution is -2.23. The molecular formula is C16H19NO. The zero-order valence-electron chi connectivity index (χ0n) is 11.2. The summed E-state index contributed by atoms with van der Waals surface area (Å²) in [6, 6.07) is 13.8. The standard InChI is InChI=1S/C16H19NO/c1-16(2,3)14-9-10-17(15(18)11-14)12-13-7-5-4-6-8-13/h4-11H,12H2,1-3H3. The van der Waals surface area contributed by atoms with Crippen LogP contribution < -0.4 is 5.56 Å². The van der Waals surface area contributed by atoms with Crippen molar-refractivity contribution < 1.29 is 0 Å². The van der Waals surface area contributed by atoms with Gasteiger partial charge in [-0.25, -0.2) is 0 Å². The van der Waals surface area contributed by atoms with Crippen LogP contribution in [0.25, 0.3) is 0 Å². The summed E-state index contributed by atoms with van der Waals surface area (Å²) in [5.41, 5.74) is 2.30. The zero-order valence-corrected chi connectivity index (χ0v) is 11.2. The van der Waals surface area contributed by atoms with Crippen LogP contribution in [0.1, 0.15) is 31.9 Å². The van der Waals surface area contributed by atoms with Gasteiger partial charge in [-0.15, -0.1) is 0 Å². The van der Waals surface area contributed by atoms with Crippen LogP contribution in [0, 0.1) is 0 Å². The van der Waals surface area contributed by atoms with Crippen molar-refractivity contribution in [1.82, 2.24) is 4.57 Å². The van der Waals surface area contributed by atoms with Crippen LogP contribution in [0.3, 0.4) is 0 Å². The summed E-state index contributed by atoms with van der Waals surface area (Å²) in [5, 5.41) is 0. The van der Waals surface area contributed by atoms with Crippen LogP contribution in [0.5, 0.6) is 0 Å². The van der Waals surface area contributed by atoms with Gasteiger partial charge >= 0.3 is 0 Å². The third kappa shape index (κ3) is 2.89. The highest BCUT2D eigenvalue weighted by Crippen LogP contribution is 2.19. The van der Waals surface area contributed by atoms with E-state index in [0.717, 1.165) is 11.1 Å². The highest BCUT2D eigenvalue weighted by Gasteiger charge is 2.14. The van der Waals surface area contributed by atoms with Gasteiger partial charge < -0.3 is 4.57 Å². The molecule has 0 saturated heterocycles. The van der Waals surface area contributed by atoms with Crippen molar-refractivity contribution in [2.45, 2.75) is 32.7 Å². The van der Waals surface area contributed by atoms with Crippen molar-refractivity contribution in [3.63, 3.8) is 0 Å². The van der Waals surface area contributed by atoms with Crippen molar-refractivity contribution in [3.8, 4) is 0 Å². The molecule has 1 aromatic heterocycles. The Morgan fingerprint density at radius 2 is 1.72 bits per heavy atom. The molecule has 1 aromatic carbocycles. The molecule has 2 nitrogen and oxygen atoms in total. The van der Waals surface area contributed by atoms with Gasteiger partial charge in [-0.3, -0.25) is 4.79 Å². The average molecular weight is 241 g/mol. The Balaban J connectivity index is 2.29. The van der Waals surface area contributed by atoms with Gasteiger partial charge in [-0.1, -0.05) is 51.1 Å². The Hall–Kier alpha value is -1.83. The molecule has 0 atom stereocenters. The lowest BCUT2D eigenvalue weighted by Gasteiger charge is -2.19. The Kier molecular flexibility index (Phi) is 3.37. The first-order valence-electron chi connectivity index (χ1n) is 6.22. The molecule has 2 aromatic rings. The minimum absolute atomic E-state index is 0.0188. The van der Waals surface area contributed by atoms with Crippen LogP contribution in [-0.4, -0.2) is 4.57 Å². The fraction of sp³-hybridized carbons (Fsp3) is 0.312. The molecule has 0 aliphatic carbocycles. The molecule has 0 radical (unpaired) electrons. The molecule has 2 rings (SSSR count). The van der Waals surface area contributed by atoms with Crippen LogP contribution in [-0.2, 0) is 12.0 Å². The van der Waals surface area contributed by atoms with Crippen molar-refractivity contribution >= 4 is 0 Å². The smallest absolute Gasteiger partial charge is 0.251 e. The highest BCUT2D eigenvalue weighted by molar-refractivity contribution is 5.21. The molecule has 18 heavy (non-hydrogen) atoms. The number of nitrogens with zero attached hydrogens (tertiary/aromatic N) is 1. The molecule has 0 bridgehead atoms. The lowest BCUT2D eigenvalue weighted by molar-refractivity contribution is 0.584. The van der Waals surface area contributed by atoms with Crippen LogP contribution in [0.2, 0.25) is 0 Å². The number of aromatic nitrogens is 1. The predicted octanol–water partition coefficient (Wildman–Crippen LogP) is 3.19. The fourth-order valence-electron chi connectivity index (χ4n) is 1.89. The number of benzene rings is 1. The quantitative estimate of drug-likeness (QED) is 0.791. The van der Waals surface area contributed by atoms with E-state index < -0.39 is 0 Å². The van der Waals surface area contributed by atoms with E-state index >= 15 is 0 Å². The van der Waals surface area contributed by atoms with Crippen LogP contribution >= 0.6 is 0 Å². The van der Waals surface area contributed by atoms with E-state index in [-0.39, 0.29) is 11.0 Å². The van der Waals surface area contributed by atoms with Crippen LogP contribution in [0.15, 0.2) is 53.5 Å². The summed E-state index contributed by atoms with van der Waals surface area (Å²) in [5.74, 6) is 0. The number of pyridine rings is 1. The second-order valence-electron chi connectivity index (χ2n) is 5.62. The second kappa shape index (κ2) is 4.81. The van der Waals surface area contributed by atoms with E-state index in [1.54, 1.807) is 10.6 Å². The molecule has 0 unspecified atom stereocenters. The minimum Gasteiger partial charge on any atom is -0.311 e. The van der Waals surface area contributed by atoms with Crippen molar-refractivity contribution in [1.29, 1.82) is 0 Å². The van der Waals surface area contributed by atoms with E-state index in [2.05, 4.69) is 20.8 Å². The van der Waals surface area contributed by atoms with Gasteiger partial charge in [-0.2, -0.15) is 0 Å². The first kappa shape index (κ1) is 12.6. The summed E-state index contributed by atoms with van der Waals surface area (Å²) in [7, 11) is 0. The summed E-state index contributed by atoms with van der Waals surface area (Å²) in [4.78, 5) is 12.1. The van der Waals surface area contributed by atoms with E-state index in [9.17, 15) is 4.79 Å². The van der Waals surface area contributed by atoms with E-state index in [1.165, 1.54) is 0 Å². The van der Waals surface area contributed by atoms with Gasteiger partial charge in [-0.05, 0) is 22.6 Å². The monoisotopic (exact) mass is 241 g/mol. The Morgan fingerprint density at radius 1 is 1.06 bits per heavy atom. The molecule has 0 spiro atoms. The topological polar surface area (TPSA) is 22.0 Å². The van der Waals surface area contributed by atoms with Gasteiger partial charge in [0.15, 0.2) is 0 Å². The maximum absolute atomic E-state index is 12.1. The van der Waals surface area contributed by atoms with E-state index in [1.807, 2.05) is 42.6 Å². The molecule has 0 saturated carbocycles. The highest BCUT2D eigenvalue weighted by atomic mass is 16.1. The molecule has 0 fully saturated rings. The average Bonchev–Trinajstić information content (AvgIpc) is 2.32. The van der Waals surface area contributed by atoms with Crippen molar-refractivity contribution in [2.24, 2.45) is 0 Å². The third-order valence-electron chi connectivity index (χ3n) is 3.06. The molecule has 94 valence electrons. The maximum Gasteiger partial charge on any atom is 0.251 e. The van der Waals surface area contributed by atoms with Gasteiger partial charge in [0.25, 0.3) is 5.56 Å². The molecule has 0 aliphatic rings. The molecule has 0 amide bonds. The first-order chi connectivity index (χ1) is 8.47. The third-order valence-corrected chi connectivity index (χ3v) is 3.06. The zero-order chi connectivity index (χ0) is 13.2. The Labute approximate surface area is 108 Å². The van der Waals surface area contributed by atoms with E-state index in [0.29, 0.717) is 6.54 Å². The summed E-state index contributed by atoms with van der Waals surface area (Å²) in [6.45, 7) is 6.97. The predicted molar refractivity (Wildman–Crippen MR) is 74.9 cm³/mol. The van der Waals surface area contributed by atoms with Gasteiger partial charge in [0.2, 0.25) is 0 Å². The summed E-state index contributed by atoms with van der Waals surface area (Å²) < 4.78 is 1.74. The number of rotatable bonds is 2. The second-order valence-corrected chi connectivity index (χ2v) is 5.62. The largest absolute Gasteiger partial charge is 0.311 e. The fourth-order valence-corrected chi connectivity index (χ4v) is 1.89. The summed E-state index contributed by atoms with van der Waals surface area (Å²) in [6.07, 6.45) is 1.88. The van der Waals surface area contributed by atoms with Gasteiger partial charge in [0.1, 0.15) is 0 Å². The number of hydrogen-bond acceptors (Lipinski definition) is 1. The Morgan fingerprint density at radius 3 is 2.28 bits per heavy atom. The molecule has 2 heteroatoms. The SMILES string of the molecule is CC(C)(C)c1ccn(Cc2ccccc2)c(=O)c1. The van der Waals surface area contributed by atoms with Crippen molar-refractivity contribution in [2.75, 3.05) is 0 Å². The molecular weight excluding hydrogens is 222 g/mol. The van der Waals surface area contributed by atoms with E-state index in [4.69, 9.17) is 0 Å². The number of hydrogen-bond donors (Lipinski definition) is 0. The maximum atomic E-state index is 12.1. The van der Waals surface area contributed by atoms with Gasteiger partial charge in [0, 0.05) is 12.3 Å². The van der Waals surface area contributed by atoms with Crippen LogP contribution in [0.4, 0.5) is 0 Å². The molecule has 0 aliphatic heterocycles. The lowest BCUT2D eigenvalue weighted by atomic mass is 9.88. The Bertz CT molecular complexity index is 576. The van der Waals surface area contributed by atoms with Crippen molar-refractivity contribution in [3.05, 3.63) is 70.1 Å². The normalized spacial score (nSPS) is 11.5. The minimum atomic E-state index is 0.0188. The molecule has 1 heterocycles.